The first kappa shape index (κ1) is 25.0. The van der Waals surface area contributed by atoms with Gasteiger partial charge in [0.05, 0.1) is 22.1 Å². The van der Waals surface area contributed by atoms with Crippen molar-refractivity contribution in [3.05, 3.63) is 48.0 Å². The van der Waals surface area contributed by atoms with Gasteiger partial charge in [0.2, 0.25) is 23.5 Å². The standard InChI is InChI=1S/C22H18F6N6O2/c23-21(24,25)19-31-13-7-5-11(9-15(13)33-19)29-17(35)3-1-2-4-18(36)30-12-6-8-14-16(10-12)34-20(32-14)22(26,27)28/h5-10H,1-4H2,(H,29,35)(H,30,36)(H,31,33)(H,32,34). The highest BCUT2D eigenvalue weighted by Crippen LogP contribution is 2.30. The smallest absolute Gasteiger partial charge is 0.334 e. The van der Waals surface area contributed by atoms with Crippen LogP contribution in [-0.4, -0.2) is 31.8 Å². The molecule has 190 valence electrons. The lowest BCUT2D eigenvalue weighted by atomic mass is 10.1. The Morgan fingerprint density at radius 2 is 1.08 bits per heavy atom. The first-order chi connectivity index (χ1) is 16.9. The first-order valence-corrected chi connectivity index (χ1v) is 10.6. The predicted octanol–water partition coefficient (Wildman–Crippen LogP) is 5.61. The number of H-pyrrole nitrogens is 2. The molecule has 0 aliphatic carbocycles. The summed E-state index contributed by atoms with van der Waals surface area (Å²) in [6, 6.07) is 8.26. The van der Waals surface area contributed by atoms with Crippen LogP contribution in [0.5, 0.6) is 0 Å². The monoisotopic (exact) mass is 512 g/mol. The molecule has 0 radical (unpaired) electrons. The second-order valence-electron chi connectivity index (χ2n) is 7.93. The number of carbonyl (C=O) groups is 2. The van der Waals surface area contributed by atoms with Crippen molar-refractivity contribution in [1.82, 2.24) is 19.9 Å². The van der Waals surface area contributed by atoms with Crippen molar-refractivity contribution in [2.45, 2.75) is 38.0 Å². The van der Waals surface area contributed by atoms with E-state index in [0.717, 1.165) is 0 Å². The highest BCUT2D eigenvalue weighted by atomic mass is 19.4. The Labute approximate surface area is 198 Å². The van der Waals surface area contributed by atoms with Crippen molar-refractivity contribution in [2.24, 2.45) is 0 Å². The summed E-state index contributed by atoms with van der Waals surface area (Å²) in [5.41, 5.74) is 1.06. The molecule has 2 amide bonds. The number of hydrogen-bond donors (Lipinski definition) is 4. The van der Waals surface area contributed by atoms with E-state index in [4.69, 9.17) is 0 Å². The minimum atomic E-state index is -4.61. The highest BCUT2D eigenvalue weighted by molar-refractivity contribution is 5.94. The van der Waals surface area contributed by atoms with E-state index in [1.54, 1.807) is 0 Å². The van der Waals surface area contributed by atoms with Crippen molar-refractivity contribution < 1.29 is 35.9 Å². The zero-order chi connectivity index (χ0) is 26.1. The summed E-state index contributed by atoms with van der Waals surface area (Å²) in [5.74, 6) is -3.02. The molecule has 36 heavy (non-hydrogen) atoms. The number of hydrogen-bond acceptors (Lipinski definition) is 4. The SMILES string of the molecule is O=C(CCCCC(=O)Nc1ccc2nc(C(F)(F)F)[nH]c2c1)Nc1ccc2nc(C(F)(F)F)[nH]c2c1. The predicted molar refractivity (Wildman–Crippen MR) is 118 cm³/mol. The van der Waals surface area contributed by atoms with Gasteiger partial charge in [0, 0.05) is 24.2 Å². The fraction of sp³-hybridized carbons (Fsp3) is 0.273. The van der Waals surface area contributed by atoms with Gasteiger partial charge in [-0.25, -0.2) is 9.97 Å². The topological polar surface area (TPSA) is 116 Å². The molecule has 0 spiro atoms. The number of imidazole rings is 2. The number of amides is 2. The maximum Gasteiger partial charge on any atom is 0.449 e. The molecule has 0 aliphatic rings. The van der Waals surface area contributed by atoms with Crippen LogP contribution in [0.2, 0.25) is 0 Å². The molecule has 8 nitrogen and oxygen atoms in total. The number of halogens is 6. The number of alkyl halides is 6. The maximum atomic E-state index is 12.8. The van der Waals surface area contributed by atoms with Gasteiger partial charge in [-0.3, -0.25) is 9.59 Å². The van der Waals surface area contributed by atoms with Crippen LogP contribution in [-0.2, 0) is 21.9 Å². The average Bonchev–Trinajstić information content (AvgIpc) is 3.40. The molecule has 2 aromatic heterocycles. The Morgan fingerprint density at radius 3 is 1.44 bits per heavy atom. The fourth-order valence-electron chi connectivity index (χ4n) is 3.46. The summed E-state index contributed by atoms with van der Waals surface area (Å²) >= 11 is 0. The quantitative estimate of drug-likeness (QED) is 0.190. The molecule has 0 saturated heterocycles. The van der Waals surface area contributed by atoms with E-state index >= 15 is 0 Å². The van der Waals surface area contributed by atoms with Crippen molar-refractivity contribution in [3.63, 3.8) is 0 Å². The van der Waals surface area contributed by atoms with Gasteiger partial charge in [-0.1, -0.05) is 0 Å². The van der Waals surface area contributed by atoms with Gasteiger partial charge in [-0.2, -0.15) is 26.3 Å². The maximum absolute atomic E-state index is 12.8. The van der Waals surface area contributed by atoms with Crippen molar-refractivity contribution in [2.75, 3.05) is 10.6 Å². The molecule has 4 aromatic rings. The fourth-order valence-corrected chi connectivity index (χ4v) is 3.46. The molecule has 0 atom stereocenters. The van der Waals surface area contributed by atoms with Gasteiger partial charge >= 0.3 is 12.4 Å². The molecule has 0 aliphatic heterocycles. The third kappa shape index (κ3) is 5.93. The zero-order valence-electron chi connectivity index (χ0n) is 18.3. The number of aromatic amines is 2. The van der Waals surface area contributed by atoms with E-state index in [9.17, 15) is 35.9 Å². The molecule has 2 aromatic carbocycles. The molecular weight excluding hydrogens is 494 g/mol. The van der Waals surface area contributed by atoms with Crippen LogP contribution >= 0.6 is 0 Å². The normalized spacial score (nSPS) is 12.3. The van der Waals surface area contributed by atoms with Crippen LogP contribution in [0.25, 0.3) is 22.1 Å². The van der Waals surface area contributed by atoms with Crippen LogP contribution in [0.3, 0.4) is 0 Å². The van der Waals surface area contributed by atoms with Crippen LogP contribution < -0.4 is 10.6 Å². The largest absolute Gasteiger partial charge is 0.449 e. The number of carbonyl (C=O) groups excluding carboxylic acids is 2. The lowest BCUT2D eigenvalue weighted by Gasteiger charge is -2.06. The Kier molecular flexibility index (Phi) is 6.61. The summed E-state index contributed by atoms with van der Waals surface area (Å²) in [4.78, 5) is 35.5. The van der Waals surface area contributed by atoms with Gasteiger partial charge in [-0.15, -0.1) is 0 Å². The Bertz CT molecular complexity index is 1310. The van der Waals surface area contributed by atoms with Crippen LogP contribution in [0.4, 0.5) is 37.7 Å². The number of unbranched alkanes of at least 4 members (excludes halogenated alkanes) is 1. The third-order valence-electron chi connectivity index (χ3n) is 5.13. The summed E-state index contributed by atoms with van der Waals surface area (Å²) in [6.07, 6.45) is -8.37. The van der Waals surface area contributed by atoms with E-state index in [2.05, 4.69) is 30.6 Å². The number of nitrogens with one attached hydrogen (secondary N) is 4. The average molecular weight is 512 g/mol. The van der Waals surface area contributed by atoms with Gasteiger partial charge in [0.15, 0.2) is 0 Å². The zero-order valence-corrected chi connectivity index (χ0v) is 18.3. The second kappa shape index (κ2) is 9.51. The highest BCUT2D eigenvalue weighted by Gasteiger charge is 2.35. The Hall–Kier alpha value is -4.10. The van der Waals surface area contributed by atoms with Crippen LogP contribution in [0.1, 0.15) is 37.3 Å². The van der Waals surface area contributed by atoms with Gasteiger partial charge in [0.1, 0.15) is 0 Å². The van der Waals surface area contributed by atoms with E-state index in [1.165, 1.54) is 36.4 Å². The lowest BCUT2D eigenvalue weighted by Crippen LogP contribution is -2.13. The van der Waals surface area contributed by atoms with Crippen molar-refractivity contribution >= 4 is 45.3 Å². The lowest BCUT2D eigenvalue weighted by molar-refractivity contribution is -0.144. The molecular formula is C22H18F6N6O2. The summed E-state index contributed by atoms with van der Waals surface area (Å²) < 4.78 is 76.5. The number of benzene rings is 2. The third-order valence-corrected chi connectivity index (χ3v) is 5.13. The van der Waals surface area contributed by atoms with Gasteiger partial charge in [0.25, 0.3) is 0 Å². The van der Waals surface area contributed by atoms with Crippen LogP contribution in [0.15, 0.2) is 36.4 Å². The number of anilines is 2. The van der Waals surface area contributed by atoms with E-state index < -0.39 is 24.0 Å². The molecule has 4 rings (SSSR count). The first-order valence-electron chi connectivity index (χ1n) is 10.6. The molecule has 0 unspecified atom stereocenters. The number of aromatic nitrogens is 4. The second-order valence-corrected chi connectivity index (χ2v) is 7.93. The molecule has 4 N–H and O–H groups in total. The number of nitrogens with zero attached hydrogens (tertiary/aromatic N) is 2. The molecule has 2 heterocycles. The molecule has 14 heteroatoms. The summed E-state index contributed by atoms with van der Waals surface area (Å²) in [7, 11) is 0. The van der Waals surface area contributed by atoms with E-state index in [0.29, 0.717) is 24.2 Å². The van der Waals surface area contributed by atoms with Crippen molar-refractivity contribution in [1.29, 1.82) is 0 Å². The van der Waals surface area contributed by atoms with Crippen molar-refractivity contribution in [3.8, 4) is 0 Å². The van der Waals surface area contributed by atoms with E-state index in [-0.39, 0.29) is 46.7 Å². The van der Waals surface area contributed by atoms with Gasteiger partial charge < -0.3 is 20.6 Å². The minimum absolute atomic E-state index is 0.0718. The molecule has 0 bridgehead atoms. The minimum Gasteiger partial charge on any atom is -0.334 e. The Balaban J connectivity index is 1.23. The number of fused-ring (bicyclic) bond motifs is 2. The summed E-state index contributed by atoms with van der Waals surface area (Å²) in [6.45, 7) is 0. The van der Waals surface area contributed by atoms with E-state index in [1.807, 2.05) is 0 Å². The van der Waals surface area contributed by atoms with Gasteiger partial charge in [-0.05, 0) is 49.2 Å². The van der Waals surface area contributed by atoms with Crippen LogP contribution in [0, 0.1) is 0 Å². The molecule has 0 fully saturated rings. The Morgan fingerprint density at radius 1 is 0.694 bits per heavy atom. The number of rotatable bonds is 7. The molecule has 0 saturated carbocycles. The summed E-state index contributed by atoms with van der Waals surface area (Å²) in [5, 5.41) is 5.16.